The fourth-order valence-electron chi connectivity index (χ4n) is 6.60. The minimum atomic E-state index is -0.865. The number of H-pyrrole nitrogens is 1. The third-order valence-electron chi connectivity index (χ3n) is 9.09. The van der Waals surface area contributed by atoms with Crippen LogP contribution in [0.3, 0.4) is 0 Å². The first-order chi connectivity index (χ1) is 25.5. The SMILES string of the molecule is COc1c(F)cccc1Nc1c(-c2ccncc2OCC2CCN(C(=O)OC(C)(C)C)C2)[nH]c2c1C(=O)N(C(=O)OC(C)(C)C)CC2CCC(OC)OC. The molecule has 5 rings (SSSR count). The van der Waals surface area contributed by atoms with E-state index in [2.05, 4.69) is 15.3 Å². The molecule has 1 saturated heterocycles. The molecule has 14 nitrogen and oxygen atoms in total. The molecule has 2 N–H and O–H groups in total. The highest BCUT2D eigenvalue weighted by Crippen LogP contribution is 2.46. The first-order valence-electron chi connectivity index (χ1n) is 18.0. The number of nitrogens with one attached hydrogen (secondary N) is 2. The third-order valence-corrected chi connectivity index (χ3v) is 9.09. The van der Waals surface area contributed by atoms with Crippen LogP contribution in [0.25, 0.3) is 11.3 Å². The Bertz CT molecular complexity index is 1810. The van der Waals surface area contributed by atoms with Crippen molar-refractivity contribution in [2.45, 2.75) is 84.2 Å². The summed E-state index contributed by atoms with van der Waals surface area (Å²) < 4.78 is 49.0. The van der Waals surface area contributed by atoms with Crippen LogP contribution in [-0.2, 0) is 18.9 Å². The number of nitrogens with zero attached hydrogens (tertiary/aromatic N) is 3. The minimum Gasteiger partial charge on any atom is -0.492 e. The van der Waals surface area contributed by atoms with Crippen LogP contribution in [0.4, 0.5) is 25.4 Å². The van der Waals surface area contributed by atoms with Gasteiger partial charge in [0.05, 0.1) is 42.5 Å². The van der Waals surface area contributed by atoms with Gasteiger partial charge in [0.25, 0.3) is 5.91 Å². The molecule has 15 heteroatoms. The highest BCUT2D eigenvalue weighted by atomic mass is 19.1. The van der Waals surface area contributed by atoms with E-state index in [1.54, 1.807) is 64.4 Å². The van der Waals surface area contributed by atoms with Gasteiger partial charge in [-0.05, 0) is 79.0 Å². The Hall–Kier alpha value is -4.89. The molecule has 3 amide bonds. The number of carbonyl (C=O) groups is 3. The molecule has 3 aromatic rings. The van der Waals surface area contributed by atoms with Crippen LogP contribution < -0.4 is 14.8 Å². The van der Waals surface area contributed by atoms with Crippen molar-refractivity contribution in [3.05, 3.63) is 53.7 Å². The molecule has 1 aromatic carbocycles. The Morgan fingerprint density at radius 1 is 1.02 bits per heavy atom. The summed E-state index contributed by atoms with van der Waals surface area (Å²) in [5.41, 5.74) is 0.804. The zero-order valence-corrected chi connectivity index (χ0v) is 32.5. The monoisotopic (exact) mass is 753 g/mol. The summed E-state index contributed by atoms with van der Waals surface area (Å²) in [6, 6.07) is 6.17. The first-order valence-corrected chi connectivity index (χ1v) is 18.0. The molecular weight excluding hydrogens is 701 g/mol. The Balaban J connectivity index is 1.57. The quantitative estimate of drug-likeness (QED) is 0.177. The Morgan fingerprint density at radius 3 is 2.39 bits per heavy atom. The minimum absolute atomic E-state index is 0.0269. The normalized spacial score (nSPS) is 17.4. The van der Waals surface area contributed by atoms with Gasteiger partial charge in [0.2, 0.25) is 0 Å². The van der Waals surface area contributed by atoms with E-state index in [0.717, 1.165) is 11.3 Å². The van der Waals surface area contributed by atoms with Gasteiger partial charge in [-0.25, -0.2) is 18.9 Å². The van der Waals surface area contributed by atoms with Crippen molar-refractivity contribution in [2.75, 3.05) is 52.9 Å². The van der Waals surface area contributed by atoms with Gasteiger partial charge < -0.3 is 43.6 Å². The summed E-state index contributed by atoms with van der Waals surface area (Å²) in [7, 11) is 4.44. The van der Waals surface area contributed by atoms with E-state index in [4.69, 9.17) is 28.4 Å². The summed E-state index contributed by atoms with van der Waals surface area (Å²) in [4.78, 5) is 51.4. The van der Waals surface area contributed by atoms with Crippen molar-refractivity contribution < 1.29 is 47.2 Å². The summed E-state index contributed by atoms with van der Waals surface area (Å²) in [5.74, 6) is -1.23. The number of para-hydroxylation sites is 1. The molecule has 0 saturated carbocycles. The number of fused-ring (bicyclic) bond motifs is 1. The lowest BCUT2D eigenvalue weighted by Crippen LogP contribution is -2.46. The number of carbonyl (C=O) groups excluding carboxylic acids is 3. The molecule has 294 valence electrons. The molecule has 54 heavy (non-hydrogen) atoms. The number of hydrogen-bond donors (Lipinski definition) is 2. The molecule has 2 aliphatic heterocycles. The summed E-state index contributed by atoms with van der Waals surface area (Å²) in [6.07, 6.45) is 3.14. The summed E-state index contributed by atoms with van der Waals surface area (Å²) >= 11 is 0. The maximum atomic E-state index is 15.0. The molecular formula is C39H52FN5O9. The Kier molecular flexibility index (Phi) is 12.4. The molecule has 0 spiro atoms. The number of methoxy groups -OCH3 is 3. The lowest BCUT2D eigenvalue weighted by Gasteiger charge is -2.33. The van der Waals surface area contributed by atoms with Crippen LogP contribution in [0.1, 0.15) is 82.8 Å². The van der Waals surface area contributed by atoms with Crippen molar-refractivity contribution in [1.82, 2.24) is 19.8 Å². The lowest BCUT2D eigenvalue weighted by atomic mass is 9.91. The van der Waals surface area contributed by atoms with Crippen LogP contribution >= 0.6 is 0 Å². The molecule has 0 bridgehead atoms. The van der Waals surface area contributed by atoms with E-state index in [1.807, 2.05) is 20.8 Å². The number of hydrogen-bond acceptors (Lipinski definition) is 11. The molecule has 2 unspecified atom stereocenters. The van der Waals surface area contributed by atoms with E-state index in [1.165, 1.54) is 19.2 Å². The fourth-order valence-corrected chi connectivity index (χ4v) is 6.60. The number of likely N-dealkylation sites (tertiary alicyclic amines) is 1. The standard InChI is InChI=1S/C39H52FN5O9/c1-38(2,3)53-36(47)44-18-16-23(20-44)22-52-28-19-41-17-15-25(28)32-33(42-27-12-10-11-26(40)34(27)51-9)30-31(43-32)24(13-14-29(49-7)50-8)21-45(35(30)46)37(48)54-39(4,5)6/h10-12,15,17,19,23-24,29,42-43H,13-14,16,18,20-22H2,1-9H3. The molecule has 2 aliphatic rings. The molecule has 0 aliphatic carbocycles. The maximum Gasteiger partial charge on any atom is 0.417 e. The third kappa shape index (κ3) is 9.42. The van der Waals surface area contributed by atoms with E-state index in [9.17, 15) is 14.4 Å². The van der Waals surface area contributed by atoms with E-state index in [0.29, 0.717) is 48.6 Å². The van der Waals surface area contributed by atoms with Crippen LogP contribution in [0.2, 0.25) is 0 Å². The number of rotatable bonds is 12. The van der Waals surface area contributed by atoms with Gasteiger partial charge >= 0.3 is 12.2 Å². The fraction of sp³-hybridized carbons (Fsp3) is 0.538. The van der Waals surface area contributed by atoms with Gasteiger partial charge in [-0.3, -0.25) is 9.78 Å². The zero-order chi connectivity index (χ0) is 39.4. The second-order valence-electron chi connectivity index (χ2n) is 15.4. The largest absolute Gasteiger partial charge is 0.492 e. The smallest absolute Gasteiger partial charge is 0.417 e. The van der Waals surface area contributed by atoms with E-state index >= 15 is 4.39 Å². The number of benzene rings is 1. The van der Waals surface area contributed by atoms with Gasteiger partial charge in [0.15, 0.2) is 17.9 Å². The number of anilines is 2. The second-order valence-corrected chi connectivity index (χ2v) is 15.4. The number of amides is 3. The molecule has 2 aromatic heterocycles. The number of aromatic amines is 1. The first kappa shape index (κ1) is 40.3. The highest BCUT2D eigenvalue weighted by molar-refractivity contribution is 6.11. The van der Waals surface area contributed by atoms with Gasteiger partial charge in [-0.1, -0.05) is 6.07 Å². The van der Waals surface area contributed by atoms with Gasteiger partial charge in [-0.2, -0.15) is 0 Å². The second kappa shape index (κ2) is 16.6. The van der Waals surface area contributed by atoms with Crippen molar-refractivity contribution >= 4 is 29.5 Å². The summed E-state index contributed by atoms with van der Waals surface area (Å²) in [6.45, 7) is 12.0. The number of aromatic nitrogens is 2. The predicted octanol–water partition coefficient (Wildman–Crippen LogP) is 7.48. The molecule has 0 radical (unpaired) electrons. The number of halogens is 1. The molecule has 4 heterocycles. The van der Waals surface area contributed by atoms with Crippen LogP contribution in [0.5, 0.6) is 11.5 Å². The van der Waals surface area contributed by atoms with Crippen molar-refractivity contribution in [3.63, 3.8) is 0 Å². The Morgan fingerprint density at radius 2 is 1.72 bits per heavy atom. The molecule has 1 fully saturated rings. The predicted molar refractivity (Wildman–Crippen MR) is 199 cm³/mol. The van der Waals surface area contributed by atoms with E-state index in [-0.39, 0.29) is 47.9 Å². The van der Waals surface area contributed by atoms with Crippen molar-refractivity contribution in [1.29, 1.82) is 0 Å². The Labute approximate surface area is 315 Å². The highest BCUT2D eigenvalue weighted by Gasteiger charge is 2.42. The number of pyridine rings is 1. The van der Waals surface area contributed by atoms with Gasteiger partial charge in [-0.15, -0.1) is 0 Å². The average molecular weight is 754 g/mol. The molecule has 2 atom stereocenters. The van der Waals surface area contributed by atoms with E-state index < -0.39 is 41.2 Å². The van der Waals surface area contributed by atoms with Crippen LogP contribution in [0.15, 0.2) is 36.7 Å². The van der Waals surface area contributed by atoms with Crippen LogP contribution in [0, 0.1) is 11.7 Å². The number of imide groups is 1. The lowest BCUT2D eigenvalue weighted by molar-refractivity contribution is -0.107. The van der Waals surface area contributed by atoms with Crippen LogP contribution in [-0.4, -0.2) is 103 Å². The summed E-state index contributed by atoms with van der Waals surface area (Å²) in [5, 5.41) is 3.27. The van der Waals surface area contributed by atoms with Gasteiger partial charge in [0.1, 0.15) is 17.0 Å². The topological polar surface area (TPSA) is 154 Å². The van der Waals surface area contributed by atoms with Gasteiger partial charge in [0, 0.05) is 63.1 Å². The van der Waals surface area contributed by atoms with Crippen molar-refractivity contribution in [3.8, 4) is 22.8 Å². The van der Waals surface area contributed by atoms with Crippen molar-refractivity contribution in [2.24, 2.45) is 5.92 Å². The number of ether oxygens (including phenoxy) is 6. The zero-order valence-electron chi connectivity index (χ0n) is 32.5. The average Bonchev–Trinajstić information content (AvgIpc) is 3.73. The maximum absolute atomic E-state index is 15.0.